The topological polar surface area (TPSA) is 119 Å². The van der Waals surface area contributed by atoms with Gasteiger partial charge in [-0.3, -0.25) is 0 Å². The lowest BCUT2D eigenvalue weighted by atomic mass is 10.1. The van der Waals surface area contributed by atoms with Crippen LogP contribution in [0.15, 0.2) is 121 Å². The van der Waals surface area contributed by atoms with Gasteiger partial charge in [0.15, 0.2) is 0 Å². The van der Waals surface area contributed by atoms with Crippen molar-refractivity contribution < 1.29 is 38.8 Å². The standard InChI is InChI=1S/C35H22O8/c36-28-9-5-22-17-26(3-1-24(22)19-28)34(39)42-30-11-7-21(8-12-30)33(38)41-31-13-15-32(16-14-31)43-35(40)27-4-2-25-20-29(37)10-6-23(25)18-27/h1-20,36-37H. The quantitative estimate of drug-likeness (QED) is 0.161. The third-order valence-corrected chi connectivity index (χ3v) is 6.66. The van der Waals surface area contributed by atoms with Crippen molar-refractivity contribution >= 4 is 39.5 Å². The van der Waals surface area contributed by atoms with Crippen molar-refractivity contribution in [1.82, 2.24) is 0 Å². The van der Waals surface area contributed by atoms with Gasteiger partial charge in [-0.1, -0.05) is 24.3 Å². The van der Waals surface area contributed by atoms with E-state index in [0.717, 1.165) is 21.5 Å². The van der Waals surface area contributed by atoms with E-state index in [1.54, 1.807) is 72.8 Å². The molecule has 0 heterocycles. The SMILES string of the molecule is O=C(Oc1ccc(OC(=O)c2ccc3cc(O)ccc3c2)cc1)c1ccc(OC(=O)c2ccc3cc(O)ccc3c2)cc1. The second kappa shape index (κ2) is 11.4. The molecule has 6 rings (SSSR count). The average Bonchev–Trinajstić information content (AvgIpc) is 3.01. The normalized spacial score (nSPS) is 10.8. The molecule has 0 saturated heterocycles. The van der Waals surface area contributed by atoms with Gasteiger partial charge in [0.2, 0.25) is 0 Å². The molecule has 43 heavy (non-hydrogen) atoms. The zero-order valence-corrected chi connectivity index (χ0v) is 22.4. The highest BCUT2D eigenvalue weighted by atomic mass is 16.5. The number of carbonyl (C=O) groups excluding carboxylic acids is 3. The number of phenols is 2. The molecule has 2 N–H and O–H groups in total. The Morgan fingerprint density at radius 1 is 0.372 bits per heavy atom. The van der Waals surface area contributed by atoms with Crippen LogP contribution in [0.2, 0.25) is 0 Å². The molecule has 210 valence electrons. The van der Waals surface area contributed by atoms with Crippen molar-refractivity contribution in [3.8, 4) is 28.7 Å². The summed E-state index contributed by atoms with van der Waals surface area (Å²) in [6.07, 6.45) is 0. The summed E-state index contributed by atoms with van der Waals surface area (Å²) in [4.78, 5) is 37.9. The van der Waals surface area contributed by atoms with Gasteiger partial charge in [-0.15, -0.1) is 0 Å². The lowest BCUT2D eigenvalue weighted by Crippen LogP contribution is -2.10. The zero-order chi connectivity index (χ0) is 29.9. The number of hydrogen-bond acceptors (Lipinski definition) is 8. The van der Waals surface area contributed by atoms with Gasteiger partial charge >= 0.3 is 17.9 Å². The number of phenolic OH excluding ortho intramolecular Hbond substituents is 2. The van der Waals surface area contributed by atoms with Gasteiger partial charge in [0.05, 0.1) is 16.7 Å². The number of hydrogen-bond donors (Lipinski definition) is 2. The van der Waals surface area contributed by atoms with Gasteiger partial charge in [0.1, 0.15) is 28.7 Å². The Morgan fingerprint density at radius 2 is 0.674 bits per heavy atom. The second-order valence-corrected chi connectivity index (χ2v) is 9.66. The molecule has 0 fully saturated rings. The summed E-state index contributed by atoms with van der Waals surface area (Å²) in [5, 5.41) is 22.4. The molecule has 8 nitrogen and oxygen atoms in total. The van der Waals surface area contributed by atoms with E-state index >= 15 is 0 Å². The maximum Gasteiger partial charge on any atom is 0.343 e. The van der Waals surface area contributed by atoms with Crippen LogP contribution in [0.3, 0.4) is 0 Å². The summed E-state index contributed by atoms with van der Waals surface area (Å²) in [7, 11) is 0. The van der Waals surface area contributed by atoms with Crippen molar-refractivity contribution in [2.24, 2.45) is 0 Å². The third kappa shape index (κ3) is 6.13. The first kappa shape index (κ1) is 27.0. The number of aromatic hydroxyl groups is 2. The lowest BCUT2D eigenvalue weighted by Gasteiger charge is -2.08. The zero-order valence-electron chi connectivity index (χ0n) is 22.4. The molecule has 8 heteroatoms. The summed E-state index contributed by atoms with van der Waals surface area (Å²) >= 11 is 0. The predicted octanol–water partition coefficient (Wildman–Crippen LogP) is 7.06. The molecule has 0 bridgehead atoms. The molecular weight excluding hydrogens is 548 g/mol. The van der Waals surface area contributed by atoms with Crippen LogP contribution in [0.25, 0.3) is 21.5 Å². The third-order valence-electron chi connectivity index (χ3n) is 6.66. The van der Waals surface area contributed by atoms with E-state index in [1.807, 2.05) is 0 Å². The maximum atomic E-state index is 12.6. The molecule has 0 radical (unpaired) electrons. The number of rotatable bonds is 6. The van der Waals surface area contributed by atoms with E-state index in [4.69, 9.17) is 14.2 Å². The smallest absolute Gasteiger partial charge is 0.343 e. The van der Waals surface area contributed by atoms with Crippen LogP contribution in [0.1, 0.15) is 31.1 Å². The second-order valence-electron chi connectivity index (χ2n) is 9.66. The number of ether oxygens (including phenoxy) is 3. The van der Waals surface area contributed by atoms with Gasteiger partial charge in [-0.25, -0.2) is 14.4 Å². The molecule has 0 atom stereocenters. The van der Waals surface area contributed by atoms with Gasteiger partial charge in [0, 0.05) is 0 Å². The van der Waals surface area contributed by atoms with Gasteiger partial charge in [0.25, 0.3) is 0 Å². The molecule has 0 saturated carbocycles. The van der Waals surface area contributed by atoms with Crippen LogP contribution in [0.4, 0.5) is 0 Å². The molecule has 0 aliphatic carbocycles. The fraction of sp³-hybridized carbons (Fsp3) is 0. The first-order valence-corrected chi connectivity index (χ1v) is 13.1. The van der Waals surface area contributed by atoms with E-state index < -0.39 is 17.9 Å². The molecule has 0 unspecified atom stereocenters. The molecule has 0 spiro atoms. The van der Waals surface area contributed by atoms with Crippen molar-refractivity contribution in [3.05, 3.63) is 138 Å². The molecule has 6 aromatic rings. The Kier molecular flexibility index (Phi) is 7.16. The van der Waals surface area contributed by atoms with E-state index in [1.165, 1.54) is 48.5 Å². The average molecular weight is 571 g/mol. The van der Waals surface area contributed by atoms with E-state index in [-0.39, 0.29) is 34.3 Å². The largest absolute Gasteiger partial charge is 0.508 e. The van der Waals surface area contributed by atoms with Crippen LogP contribution < -0.4 is 14.2 Å². The summed E-state index contributed by atoms with van der Waals surface area (Å²) in [6.45, 7) is 0. The first-order chi connectivity index (χ1) is 20.8. The monoisotopic (exact) mass is 570 g/mol. The van der Waals surface area contributed by atoms with Crippen LogP contribution in [-0.4, -0.2) is 28.1 Å². The van der Waals surface area contributed by atoms with Gasteiger partial charge in [-0.05, 0) is 119 Å². The van der Waals surface area contributed by atoms with Gasteiger partial charge < -0.3 is 24.4 Å². The highest BCUT2D eigenvalue weighted by molar-refractivity contribution is 5.98. The molecule has 6 aromatic carbocycles. The highest BCUT2D eigenvalue weighted by Crippen LogP contribution is 2.25. The Hall–Kier alpha value is -6.15. The number of esters is 3. The maximum absolute atomic E-state index is 12.6. The Bertz CT molecular complexity index is 2010. The van der Waals surface area contributed by atoms with E-state index in [2.05, 4.69) is 0 Å². The summed E-state index contributed by atoms with van der Waals surface area (Å²) in [5.41, 5.74) is 0.931. The highest BCUT2D eigenvalue weighted by Gasteiger charge is 2.14. The molecule has 0 aromatic heterocycles. The van der Waals surface area contributed by atoms with Crippen molar-refractivity contribution in [1.29, 1.82) is 0 Å². The molecule has 0 aliphatic rings. The Balaban J connectivity index is 1.05. The summed E-state index contributed by atoms with van der Waals surface area (Å²) in [5.74, 6) is -0.690. The van der Waals surface area contributed by atoms with Gasteiger partial charge in [-0.2, -0.15) is 0 Å². The molecule has 0 aliphatic heterocycles. The Labute approximate surface area is 244 Å². The van der Waals surface area contributed by atoms with Crippen LogP contribution in [-0.2, 0) is 0 Å². The summed E-state index contributed by atoms with van der Waals surface area (Å²) < 4.78 is 16.3. The fourth-order valence-electron chi connectivity index (χ4n) is 4.45. The first-order valence-electron chi connectivity index (χ1n) is 13.1. The lowest BCUT2D eigenvalue weighted by molar-refractivity contribution is 0.0718. The molecular formula is C35H22O8. The van der Waals surface area contributed by atoms with E-state index in [0.29, 0.717) is 11.1 Å². The van der Waals surface area contributed by atoms with E-state index in [9.17, 15) is 24.6 Å². The van der Waals surface area contributed by atoms with Crippen LogP contribution in [0, 0.1) is 0 Å². The minimum Gasteiger partial charge on any atom is -0.508 e. The minimum absolute atomic E-state index is 0.140. The number of fused-ring (bicyclic) bond motifs is 2. The minimum atomic E-state index is -0.623. The van der Waals surface area contributed by atoms with Crippen molar-refractivity contribution in [2.75, 3.05) is 0 Å². The van der Waals surface area contributed by atoms with Crippen molar-refractivity contribution in [3.63, 3.8) is 0 Å². The predicted molar refractivity (Wildman–Crippen MR) is 159 cm³/mol. The number of carbonyl (C=O) groups is 3. The van der Waals surface area contributed by atoms with Crippen LogP contribution >= 0.6 is 0 Å². The number of benzene rings is 6. The van der Waals surface area contributed by atoms with Crippen molar-refractivity contribution in [2.45, 2.75) is 0 Å². The Morgan fingerprint density at radius 3 is 1.09 bits per heavy atom. The summed E-state index contributed by atoms with van der Waals surface area (Å²) in [6, 6.07) is 31.7. The van der Waals surface area contributed by atoms with Crippen LogP contribution in [0.5, 0.6) is 28.7 Å². The molecule has 0 amide bonds. The fourth-order valence-corrected chi connectivity index (χ4v) is 4.45.